The number of nitrogens with zero attached hydrogens (tertiary/aromatic N) is 2. The van der Waals surface area contributed by atoms with Gasteiger partial charge in [0.2, 0.25) is 5.91 Å². The summed E-state index contributed by atoms with van der Waals surface area (Å²) in [5, 5.41) is 2.92. The van der Waals surface area contributed by atoms with E-state index in [2.05, 4.69) is 5.32 Å². The number of hydrogen-bond acceptors (Lipinski definition) is 4. The van der Waals surface area contributed by atoms with Gasteiger partial charge in [0.25, 0.3) is 0 Å². The fraction of sp³-hybridized carbons (Fsp3) is 0.346. The number of unbranched alkanes of at least 4 members (excludes halogenated alkanes) is 2. The van der Waals surface area contributed by atoms with E-state index in [-0.39, 0.29) is 24.5 Å². The summed E-state index contributed by atoms with van der Waals surface area (Å²) >= 11 is 0. The number of para-hydroxylation sites is 2. The van der Waals surface area contributed by atoms with Gasteiger partial charge >= 0.3 is 5.97 Å². The van der Waals surface area contributed by atoms with Crippen LogP contribution in [0.1, 0.15) is 44.5 Å². The first-order valence-corrected chi connectivity index (χ1v) is 11.2. The number of hydrogen-bond donors (Lipinski definition) is 1. The van der Waals surface area contributed by atoms with E-state index in [1.165, 1.54) is 0 Å². The number of rotatable bonds is 11. The number of benzene rings is 2. The highest BCUT2D eigenvalue weighted by molar-refractivity contribution is 5.91. The lowest BCUT2D eigenvalue weighted by molar-refractivity contribution is -0.148. The molecule has 168 valence electrons. The Morgan fingerprint density at radius 2 is 1.78 bits per heavy atom. The van der Waals surface area contributed by atoms with Crippen LogP contribution in [0.2, 0.25) is 0 Å². The molecule has 0 radical (unpaired) electrons. The number of ether oxygens (including phenoxy) is 1. The van der Waals surface area contributed by atoms with Gasteiger partial charge in [-0.25, -0.2) is 4.98 Å². The zero-order valence-corrected chi connectivity index (χ0v) is 18.8. The minimum Gasteiger partial charge on any atom is -0.462 e. The quantitative estimate of drug-likeness (QED) is 0.274. The molecule has 0 saturated heterocycles. The Hall–Kier alpha value is -3.41. The second-order valence-corrected chi connectivity index (χ2v) is 7.99. The highest BCUT2D eigenvalue weighted by Crippen LogP contribution is 2.18. The summed E-state index contributed by atoms with van der Waals surface area (Å²) in [6.45, 7) is 4.50. The molecular formula is C26H31N3O3. The largest absolute Gasteiger partial charge is 0.462 e. The van der Waals surface area contributed by atoms with E-state index in [0.717, 1.165) is 48.1 Å². The van der Waals surface area contributed by atoms with Crippen LogP contribution in [0.5, 0.6) is 0 Å². The van der Waals surface area contributed by atoms with Crippen molar-refractivity contribution in [1.82, 2.24) is 14.9 Å². The van der Waals surface area contributed by atoms with Gasteiger partial charge in [-0.2, -0.15) is 0 Å². The third kappa shape index (κ3) is 7.08. The van der Waals surface area contributed by atoms with Crippen LogP contribution in [0.4, 0.5) is 0 Å². The molecule has 3 rings (SSSR count). The monoisotopic (exact) mass is 433 g/mol. The van der Waals surface area contributed by atoms with Gasteiger partial charge in [-0.15, -0.1) is 0 Å². The molecule has 1 amide bonds. The molecule has 1 N–H and O–H groups in total. The maximum Gasteiger partial charge on any atom is 0.326 e. The van der Waals surface area contributed by atoms with E-state index < -0.39 is 0 Å². The molecule has 2 aromatic carbocycles. The van der Waals surface area contributed by atoms with Crippen LogP contribution >= 0.6 is 0 Å². The van der Waals surface area contributed by atoms with Crippen molar-refractivity contribution in [2.24, 2.45) is 0 Å². The van der Waals surface area contributed by atoms with Crippen LogP contribution in [-0.2, 0) is 27.3 Å². The van der Waals surface area contributed by atoms with E-state index in [1.807, 2.05) is 79.1 Å². The SMILES string of the molecule is CC(C)OC(=O)Cn1c(CCCCCNC(=O)/C=C/c2ccccc2)nc2ccccc21. The van der Waals surface area contributed by atoms with Gasteiger partial charge in [-0.1, -0.05) is 48.9 Å². The standard InChI is InChI=1S/C26H31N3O3/c1-20(2)32-26(31)19-29-23-14-9-8-13-22(23)28-24(29)15-7-4-10-18-27-25(30)17-16-21-11-5-3-6-12-21/h3,5-6,8-9,11-14,16-17,20H,4,7,10,15,18-19H2,1-2H3,(H,27,30)/b17-16+. The molecule has 3 aromatic rings. The molecule has 0 aliphatic rings. The van der Waals surface area contributed by atoms with Crippen molar-refractivity contribution in [2.45, 2.75) is 52.2 Å². The lowest BCUT2D eigenvalue weighted by Gasteiger charge is -2.11. The Balaban J connectivity index is 1.45. The molecule has 0 aliphatic carbocycles. The van der Waals surface area contributed by atoms with E-state index in [1.54, 1.807) is 6.08 Å². The summed E-state index contributed by atoms with van der Waals surface area (Å²) in [7, 11) is 0. The van der Waals surface area contributed by atoms with E-state index >= 15 is 0 Å². The first-order valence-electron chi connectivity index (χ1n) is 11.2. The Morgan fingerprint density at radius 1 is 1.03 bits per heavy atom. The van der Waals surface area contributed by atoms with Crippen LogP contribution in [0.25, 0.3) is 17.1 Å². The van der Waals surface area contributed by atoms with Crippen molar-refractivity contribution < 1.29 is 14.3 Å². The summed E-state index contributed by atoms with van der Waals surface area (Å²) in [6, 6.07) is 17.6. The third-order valence-corrected chi connectivity index (χ3v) is 4.99. The summed E-state index contributed by atoms with van der Waals surface area (Å²) < 4.78 is 7.28. The minimum atomic E-state index is -0.254. The number of carbonyl (C=O) groups excluding carboxylic acids is 2. The third-order valence-electron chi connectivity index (χ3n) is 4.99. The molecule has 0 bridgehead atoms. The van der Waals surface area contributed by atoms with Crippen molar-refractivity contribution in [2.75, 3.05) is 6.54 Å². The van der Waals surface area contributed by atoms with E-state index in [9.17, 15) is 9.59 Å². The van der Waals surface area contributed by atoms with Gasteiger partial charge in [-0.05, 0) is 50.5 Å². The van der Waals surface area contributed by atoms with Gasteiger partial charge < -0.3 is 14.6 Å². The van der Waals surface area contributed by atoms with Crippen LogP contribution < -0.4 is 5.32 Å². The molecule has 0 unspecified atom stereocenters. The molecule has 32 heavy (non-hydrogen) atoms. The van der Waals surface area contributed by atoms with Gasteiger partial charge in [0.15, 0.2) is 0 Å². The zero-order valence-electron chi connectivity index (χ0n) is 18.8. The predicted molar refractivity (Wildman–Crippen MR) is 127 cm³/mol. The smallest absolute Gasteiger partial charge is 0.326 e. The Bertz CT molecular complexity index is 1050. The first-order chi connectivity index (χ1) is 15.5. The van der Waals surface area contributed by atoms with Crippen LogP contribution in [0, 0.1) is 0 Å². The lowest BCUT2D eigenvalue weighted by Crippen LogP contribution is -2.22. The van der Waals surface area contributed by atoms with Gasteiger partial charge in [0.05, 0.1) is 17.1 Å². The molecule has 0 spiro atoms. The van der Waals surface area contributed by atoms with Crippen LogP contribution in [-0.4, -0.2) is 34.1 Å². The van der Waals surface area contributed by atoms with Crippen molar-refractivity contribution in [3.63, 3.8) is 0 Å². The Morgan fingerprint density at radius 3 is 2.56 bits per heavy atom. The van der Waals surface area contributed by atoms with Crippen LogP contribution in [0.3, 0.4) is 0 Å². The maximum atomic E-state index is 12.2. The molecule has 6 heteroatoms. The number of imidazole rings is 1. The van der Waals surface area contributed by atoms with Crippen molar-refractivity contribution >= 4 is 29.0 Å². The number of nitrogens with one attached hydrogen (secondary N) is 1. The van der Waals surface area contributed by atoms with E-state index in [0.29, 0.717) is 6.54 Å². The number of aryl methyl sites for hydroxylation is 1. The number of carbonyl (C=O) groups is 2. The highest BCUT2D eigenvalue weighted by atomic mass is 16.5. The number of aromatic nitrogens is 2. The fourth-order valence-electron chi connectivity index (χ4n) is 3.51. The lowest BCUT2D eigenvalue weighted by atomic mass is 10.2. The van der Waals surface area contributed by atoms with E-state index in [4.69, 9.17) is 9.72 Å². The number of amides is 1. The molecule has 0 aliphatic heterocycles. The van der Waals surface area contributed by atoms with Crippen molar-refractivity contribution in [3.8, 4) is 0 Å². The van der Waals surface area contributed by atoms with Gasteiger partial charge in [0, 0.05) is 19.0 Å². The average molecular weight is 434 g/mol. The maximum absolute atomic E-state index is 12.2. The first kappa shape index (κ1) is 23.3. The molecule has 0 saturated carbocycles. The zero-order chi connectivity index (χ0) is 22.8. The molecule has 0 fully saturated rings. The number of esters is 1. The topological polar surface area (TPSA) is 73.2 Å². The molecule has 1 heterocycles. The molecule has 1 aromatic heterocycles. The average Bonchev–Trinajstić information content (AvgIpc) is 3.12. The van der Waals surface area contributed by atoms with Gasteiger partial charge in [-0.3, -0.25) is 9.59 Å². The summed E-state index contributed by atoms with van der Waals surface area (Å²) in [6.07, 6.45) is 6.78. The normalized spacial score (nSPS) is 11.3. The fourth-order valence-corrected chi connectivity index (χ4v) is 3.51. The molecule has 6 nitrogen and oxygen atoms in total. The highest BCUT2D eigenvalue weighted by Gasteiger charge is 2.15. The summed E-state index contributed by atoms with van der Waals surface area (Å²) in [4.78, 5) is 28.9. The molecular weight excluding hydrogens is 402 g/mol. The minimum absolute atomic E-state index is 0.0840. The summed E-state index contributed by atoms with van der Waals surface area (Å²) in [5.41, 5.74) is 2.83. The van der Waals surface area contributed by atoms with Crippen LogP contribution in [0.15, 0.2) is 60.7 Å². The predicted octanol–water partition coefficient (Wildman–Crippen LogP) is 4.53. The van der Waals surface area contributed by atoms with Crippen molar-refractivity contribution in [1.29, 1.82) is 0 Å². The van der Waals surface area contributed by atoms with Crippen molar-refractivity contribution in [3.05, 3.63) is 72.1 Å². The second kappa shape index (κ2) is 11.8. The summed E-state index contributed by atoms with van der Waals surface area (Å²) in [5.74, 6) is 0.553. The van der Waals surface area contributed by atoms with Gasteiger partial charge in [0.1, 0.15) is 12.4 Å². The molecule has 0 atom stereocenters. The Kier molecular flexibility index (Phi) is 8.61. The Labute approximate surface area is 189 Å². The number of fused-ring (bicyclic) bond motifs is 1. The second-order valence-electron chi connectivity index (χ2n) is 7.99.